The molecular formula is C50H53N9O7S. The number of piperidine rings is 1. The Morgan fingerprint density at radius 2 is 1.66 bits per heavy atom. The van der Waals surface area contributed by atoms with Crippen molar-refractivity contribution in [1.82, 2.24) is 33.4 Å². The largest absolute Gasteiger partial charge is 0.384 e. The van der Waals surface area contributed by atoms with E-state index >= 15 is 0 Å². The first-order valence-corrected chi connectivity index (χ1v) is 23.6. The number of aromatic amines is 1. The molecule has 1 atom stereocenters. The lowest BCUT2D eigenvalue weighted by Gasteiger charge is -2.44. The molecule has 3 aromatic heterocycles. The number of methoxy groups -OCH3 is 1. The molecule has 16 nitrogen and oxygen atoms in total. The molecule has 7 aromatic rings. The number of nitrogens with two attached hydrogens (primary N) is 1. The highest BCUT2D eigenvalue weighted by Crippen LogP contribution is 2.44. The molecule has 4 aromatic carbocycles. The number of ether oxygens (including phenoxy) is 2. The van der Waals surface area contributed by atoms with Crippen molar-refractivity contribution < 1.29 is 32.3 Å². The van der Waals surface area contributed by atoms with E-state index in [-0.39, 0.29) is 54.6 Å². The number of amidine groups is 1. The summed E-state index contributed by atoms with van der Waals surface area (Å²) in [6.07, 6.45) is 3.48. The first kappa shape index (κ1) is 45.2. The minimum atomic E-state index is -3.99. The Labute approximate surface area is 388 Å². The minimum absolute atomic E-state index is 0.0130. The van der Waals surface area contributed by atoms with Gasteiger partial charge in [-0.3, -0.25) is 19.8 Å². The fourth-order valence-electron chi connectivity index (χ4n) is 9.52. The summed E-state index contributed by atoms with van der Waals surface area (Å²) in [7, 11) is -2.47. The van der Waals surface area contributed by atoms with Gasteiger partial charge in [0, 0.05) is 61.9 Å². The van der Waals surface area contributed by atoms with Crippen LogP contribution in [0.2, 0.25) is 0 Å². The van der Waals surface area contributed by atoms with Crippen LogP contribution in [-0.2, 0) is 35.5 Å². The van der Waals surface area contributed by atoms with Crippen molar-refractivity contribution in [3.63, 3.8) is 0 Å². The van der Waals surface area contributed by atoms with Crippen LogP contribution in [0.1, 0.15) is 52.6 Å². The zero-order chi connectivity index (χ0) is 47.3. The SMILES string of the molecule is COCC12CN(S(=O)(=O)c3cc4cc(C)ccc4[nH]3)CC(=O)N1CC1(CCN(C(C)=O)CC1)O2.Cc1cc(C(=O)Cc2ccc(-n3ccc4ccccc43)cc2)n(-c2cccc(C(=N)N)c2)n1. The number of hydrogen-bond acceptors (Lipinski definition) is 9. The number of nitrogens with one attached hydrogen (secondary N) is 2. The Morgan fingerprint density at radius 1 is 0.896 bits per heavy atom. The topological polar surface area (TPSA) is 202 Å². The maximum atomic E-state index is 13.6. The number of carbonyl (C=O) groups is 3. The third-order valence-corrected chi connectivity index (χ3v) is 14.7. The van der Waals surface area contributed by atoms with Gasteiger partial charge in [-0.1, -0.05) is 54.1 Å². The second-order valence-electron chi connectivity index (χ2n) is 17.7. The molecule has 1 spiro atoms. The number of piperazine rings is 1. The number of Topliss-reactive ketones (excluding diaryl/α,β-unsaturated/α-hetero) is 1. The van der Waals surface area contributed by atoms with Crippen molar-refractivity contribution in [3.8, 4) is 11.4 Å². The maximum Gasteiger partial charge on any atom is 0.259 e. The van der Waals surface area contributed by atoms with Gasteiger partial charge in [0.1, 0.15) is 16.6 Å². The summed E-state index contributed by atoms with van der Waals surface area (Å²) in [5.41, 5.74) is 11.2. The summed E-state index contributed by atoms with van der Waals surface area (Å²) in [6, 6.07) is 34.7. The molecule has 0 saturated carbocycles. The number of benzene rings is 4. The normalized spacial score (nSPS) is 18.3. The number of carbonyl (C=O) groups excluding carboxylic acids is 3. The van der Waals surface area contributed by atoms with Gasteiger partial charge in [-0.25, -0.2) is 13.1 Å². The van der Waals surface area contributed by atoms with E-state index in [0.717, 1.165) is 33.4 Å². The van der Waals surface area contributed by atoms with E-state index in [0.29, 0.717) is 54.9 Å². The van der Waals surface area contributed by atoms with Gasteiger partial charge in [-0.2, -0.15) is 9.40 Å². The number of likely N-dealkylation sites (tertiary alicyclic amines) is 1. The van der Waals surface area contributed by atoms with Gasteiger partial charge in [0.25, 0.3) is 10.0 Å². The fourth-order valence-corrected chi connectivity index (χ4v) is 11.0. The second kappa shape index (κ2) is 17.7. The number of amides is 2. The van der Waals surface area contributed by atoms with E-state index in [1.54, 1.807) is 51.7 Å². The van der Waals surface area contributed by atoms with Crippen LogP contribution in [0.3, 0.4) is 0 Å². The zero-order valence-electron chi connectivity index (χ0n) is 37.9. The number of H-pyrrole nitrogens is 1. The lowest BCUT2D eigenvalue weighted by atomic mass is 9.91. The molecule has 6 heterocycles. The maximum absolute atomic E-state index is 13.6. The molecule has 67 heavy (non-hydrogen) atoms. The van der Waals surface area contributed by atoms with Gasteiger partial charge in [0.05, 0.1) is 48.7 Å². The van der Waals surface area contributed by atoms with Crippen LogP contribution in [0.15, 0.2) is 120 Å². The van der Waals surface area contributed by atoms with Gasteiger partial charge in [0.15, 0.2) is 11.5 Å². The zero-order valence-corrected chi connectivity index (χ0v) is 38.7. The summed E-state index contributed by atoms with van der Waals surface area (Å²) in [4.78, 5) is 44.6. The number of aromatic nitrogens is 4. The predicted molar refractivity (Wildman–Crippen MR) is 254 cm³/mol. The summed E-state index contributed by atoms with van der Waals surface area (Å²) in [6.45, 7) is 6.55. The lowest BCUT2D eigenvalue weighted by molar-refractivity contribution is -0.197. The van der Waals surface area contributed by atoms with E-state index in [1.807, 2.05) is 74.5 Å². The molecule has 3 saturated heterocycles. The fraction of sp³-hybridized carbons (Fsp3) is 0.300. The van der Waals surface area contributed by atoms with Gasteiger partial charge < -0.3 is 34.6 Å². The molecule has 3 aliphatic heterocycles. The number of fused-ring (bicyclic) bond motifs is 3. The number of aryl methyl sites for hydroxylation is 2. The molecule has 1 unspecified atom stereocenters. The van der Waals surface area contributed by atoms with Crippen molar-refractivity contribution in [2.45, 2.75) is 56.4 Å². The smallest absolute Gasteiger partial charge is 0.259 e. The summed E-state index contributed by atoms with van der Waals surface area (Å²) in [5.74, 6) is -0.351. The standard InChI is InChI=1S/C27H23N5O.C23H30N4O6S/c1-18-15-25(32(30-18)23-7-4-6-21(17-23)27(28)29)26(33)16-19-9-11-22(12-10-19)31-14-13-20-5-2-3-8-24(20)31;1-16-4-5-19-18(10-16)11-20(24-19)34(30,31)26-12-21(29)27-13-22(33-23(27,14-26)15-32-3)6-8-25(9-7-22)17(2)28/h2-15,17H,16H2,1H3,(H3,28,29);4-5,10-11,24H,6-9,12-15H2,1-3H3. The van der Waals surface area contributed by atoms with Crippen molar-refractivity contribution in [3.05, 3.63) is 143 Å². The first-order valence-electron chi connectivity index (χ1n) is 22.1. The second-order valence-corrected chi connectivity index (χ2v) is 19.6. The number of rotatable bonds is 10. The Balaban J connectivity index is 0.000000168. The molecule has 10 rings (SSSR count). The Bertz CT molecular complexity index is 3170. The van der Waals surface area contributed by atoms with Crippen molar-refractivity contribution in [2.24, 2.45) is 5.73 Å². The van der Waals surface area contributed by atoms with Gasteiger partial charge in [-0.15, -0.1) is 0 Å². The van der Waals surface area contributed by atoms with Crippen LogP contribution in [0.5, 0.6) is 0 Å². The van der Waals surface area contributed by atoms with Crippen LogP contribution in [0.4, 0.5) is 0 Å². The van der Waals surface area contributed by atoms with Gasteiger partial charge in [0.2, 0.25) is 11.8 Å². The molecule has 3 fully saturated rings. The summed E-state index contributed by atoms with van der Waals surface area (Å²) >= 11 is 0. The average molecular weight is 924 g/mol. The van der Waals surface area contributed by atoms with Crippen LogP contribution in [-0.4, -0.2) is 123 Å². The summed E-state index contributed by atoms with van der Waals surface area (Å²) < 4.78 is 44.2. The number of para-hydroxylation sites is 1. The monoisotopic (exact) mass is 923 g/mol. The van der Waals surface area contributed by atoms with E-state index in [9.17, 15) is 22.8 Å². The quantitative estimate of drug-likeness (QED) is 0.0849. The van der Waals surface area contributed by atoms with Crippen molar-refractivity contribution >= 4 is 55.3 Å². The molecule has 0 bridgehead atoms. The van der Waals surface area contributed by atoms with Crippen molar-refractivity contribution in [1.29, 1.82) is 5.41 Å². The van der Waals surface area contributed by atoms with Crippen molar-refractivity contribution in [2.75, 3.05) is 46.4 Å². The molecule has 346 valence electrons. The molecule has 0 radical (unpaired) electrons. The van der Waals surface area contributed by atoms with E-state index in [4.69, 9.17) is 20.6 Å². The van der Waals surface area contributed by atoms with Gasteiger partial charge >= 0.3 is 0 Å². The van der Waals surface area contributed by atoms with Crippen LogP contribution in [0.25, 0.3) is 33.2 Å². The van der Waals surface area contributed by atoms with Crippen LogP contribution < -0.4 is 5.73 Å². The number of sulfonamides is 1. The average Bonchev–Trinajstić information content (AvgIpc) is 4.11. The Hall–Kier alpha value is -6.92. The molecule has 4 N–H and O–H groups in total. The molecule has 2 amide bonds. The minimum Gasteiger partial charge on any atom is -0.384 e. The molecule has 17 heteroatoms. The lowest BCUT2D eigenvalue weighted by Crippen LogP contribution is -2.65. The molecule has 3 aliphatic rings. The molecular weight excluding hydrogens is 871 g/mol. The Morgan fingerprint density at radius 3 is 2.39 bits per heavy atom. The van der Waals surface area contributed by atoms with E-state index < -0.39 is 21.3 Å². The van der Waals surface area contributed by atoms with Gasteiger partial charge in [-0.05, 0) is 98.3 Å². The third-order valence-electron chi connectivity index (χ3n) is 12.9. The number of nitrogens with zero attached hydrogens (tertiary/aromatic N) is 6. The highest BCUT2D eigenvalue weighted by Gasteiger charge is 2.61. The highest BCUT2D eigenvalue weighted by molar-refractivity contribution is 7.89. The third kappa shape index (κ3) is 8.78. The Kier molecular flexibility index (Phi) is 12.0. The number of ketones is 1. The number of hydrogen-bond donors (Lipinski definition) is 3. The van der Waals surface area contributed by atoms with Crippen LogP contribution in [0, 0.1) is 19.3 Å². The summed E-state index contributed by atoms with van der Waals surface area (Å²) in [5, 5.41) is 14.2. The van der Waals surface area contributed by atoms with E-state index in [2.05, 4.69) is 39.0 Å². The number of nitrogen functional groups attached to an aromatic ring is 1. The predicted octanol–water partition coefficient (Wildman–Crippen LogP) is 5.90. The van der Waals surface area contributed by atoms with E-state index in [1.165, 1.54) is 16.8 Å². The van der Waals surface area contributed by atoms with Crippen LogP contribution >= 0.6 is 0 Å². The molecule has 0 aliphatic carbocycles. The first-order chi connectivity index (χ1) is 32.1. The highest BCUT2D eigenvalue weighted by atomic mass is 32.2.